The molecule has 0 saturated heterocycles. The first-order chi connectivity index (χ1) is 8.63. The van der Waals surface area contributed by atoms with Crippen LogP contribution >= 0.6 is 0 Å². The predicted octanol–water partition coefficient (Wildman–Crippen LogP) is 0.985. The summed E-state index contributed by atoms with van der Waals surface area (Å²) in [6.45, 7) is 2.12. The van der Waals surface area contributed by atoms with Gasteiger partial charge >= 0.3 is 0 Å². The molecule has 0 radical (unpaired) electrons. The lowest BCUT2D eigenvalue weighted by molar-refractivity contribution is -0.385. The minimum Gasteiger partial charge on any atom is -0.330 e. The first-order valence-corrected chi connectivity index (χ1v) is 5.47. The van der Waals surface area contributed by atoms with E-state index in [1.165, 1.54) is 12.3 Å². The van der Waals surface area contributed by atoms with Gasteiger partial charge in [0.15, 0.2) is 0 Å². The van der Waals surface area contributed by atoms with E-state index in [-0.39, 0.29) is 5.69 Å². The van der Waals surface area contributed by atoms with Crippen molar-refractivity contribution in [3.8, 4) is 5.82 Å². The molecule has 0 aliphatic rings. The van der Waals surface area contributed by atoms with Gasteiger partial charge in [0.1, 0.15) is 11.6 Å². The molecule has 0 saturated carbocycles. The molecule has 7 nitrogen and oxygen atoms in total. The van der Waals surface area contributed by atoms with E-state index in [2.05, 4.69) is 9.97 Å². The summed E-state index contributed by atoms with van der Waals surface area (Å²) >= 11 is 0. The maximum absolute atomic E-state index is 10.9. The third-order valence-electron chi connectivity index (χ3n) is 2.59. The SMILES string of the molecule is Cc1cnc(-n2ccnc2CCN)cc1[N+](=O)[O-]. The Kier molecular flexibility index (Phi) is 3.33. The fourth-order valence-corrected chi connectivity index (χ4v) is 1.69. The minimum atomic E-state index is -0.417. The van der Waals surface area contributed by atoms with Crippen LogP contribution in [0, 0.1) is 17.0 Å². The molecule has 0 atom stereocenters. The fourth-order valence-electron chi connectivity index (χ4n) is 1.69. The first kappa shape index (κ1) is 12.2. The van der Waals surface area contributed by atoms with Crippen molar-refractivity contribution in [3.05, 3.63) is 46.2 Å². The normalized spacial score (nSPS) is 10.6. The van der Waals surface area contributed by atoms with Gasteiger partial charge in [-0.2, -0.15) is 0 Å². The topological polar surface area (TPSA) is 99.9 Å². The maximum Gasteiger partial charge on any atom is 0.277 e. The average molecular weight is 247 g/mol. The van der Waals surface area contributed by atoms with Gasteiger partial charge < -0.3 is 5.73 Å². The molecule has 18 heavy (non-hydrogen) atoms. The van der Waals surface area contributed by atoms with Crippen molar-refractivity contribution in [2.75, 3.05) is 6.54 Å². The van der Waals surface area contributed by atoms with Crippen molar-refractivity contribution in [1.82, 2.24) is 14.5 Å². The summed E-state index contributed by atoms with van der Waals surface area (Å²) in [7, 11) is 0. The van der Waals surface area contributed by atoms with Gasteiger partial charge in [-0.1, -0.05) is 0 Å². The van der Waals surface area contributed by atoms with Crippen molar-refractivity contribution in [2.45, 2.75) is 13.3 Å². The van der Waals surface area contributed by atoms with Gasteiger partial charge in [0.2, 0.25) is 0 Å². The number of aromatic nitrogens is 3. The largest absolute Gasteiger partial charge is 0.330 e. The van der Waals surface area contributed by atoms with Gasteiger partial charge in [-0.25, -0.2) is 9.97 Å². The number of aryl methyl sites for hydroxylation is 1. The number of pyridine rings is 1. The number of hydrogen-bond donors (Lipinski definition) is 1. The number of rotatable bonds is 4. The van der Waals surface area contributed by atoms with E-state index in [0.29, 0.717) is 24.3 Å². The Balaban J connectivity index is 2.47. The second-order valence-corrected chi connectivity index (χ2v) is 3.84. The summed E-state index contributed by atoms with van der Waals surface area (Å²) in [5.74, 6) is 1.22. The average Bonchev–Trinajstić information content (AvgIpc) is 2.78. The molecule has 0 amide bonds. The summed E-state index contributed by atoms with van der Waals surface area (Å²) in [4.78, 5) is 18.8. The van der Waals surface area contributed by atoms with Gasteiger partial charge in [-0.05, 0) is 13.5 Å². The highest BCUT2D eigenvalue weighted by Gasteiger charge is 2.14. The minimum absolute atomic E-state index is 0.0485. The number of nitro groups is 1. The van der Waals surface area contributed by atoms with Gasteiger partial charge in [-0.3, -0.25) is 14.7 Å². The van der Waals surface area contributed by atoms with Crippen molar-refractivity contribution in [3.63, 3.8) is 0 Å². The Morgan fingerprint density at radius 2 is 2.28 bits per heavy atom. The molecule has 2 aromatic heterocycles. The Labute approximate surface area is 103 Å². The van der Waals surface area contributed by atoms with E-state index in [1.807, 2.05) is 0 Å². The van der Waals surface area contributed by atoms with Crippen LogP contribution in [0.3, 0.4) is 0 Å². The van der Waals surface area contributed by atoms with Crippen molar-refractivity contribution < 1.29 is 4.92 Å². The second-order valence-electron chi connectivity index (χ2n) is 3.84. The van der Waals surface area contributed by atoms with E-state index in [1.54, 1.807) is 23.9 Å². The lowest BCUT2D eigenvalue weighted by Crippen LogP contribution is -2.10. The van der Waals surface area contributed by atoms with Crippen LogP contribution in [-0.4, -0.2) is 26.0 Å². The monoisotopic (exact) mass is 247 g/mol. The van der Waals surface area contributed by atoms with E-state index in [4.69, 9.17) is 5.73 Å². The standard InChI is InChI=1S/C11H13N5O2/c1-8-7-14-11(6-9(8)16(17)18)15-5-4-13-10(15)2-3-12/h4-7H,2-3,12H2,1H3. The fraction of sp³-hybridized carbons (Fsp3) is 0.273. The maximum atomic E-state index is 10.9. The van der Waals surface area contributed by atoms with Gasteiger partial charge in [-0.15, -0.1) is 0 Å². The van der Waals surface area contributed by atoms with Crippen molar-refractivity contribution >= 4 is 5.69 Å². The molecule has 2 heterocycles. The molecule has 0 unspecified atom stereocenters. The van der Waals surface area contributed by atoms with E-state index >= 15 is 0 Å². The molecule has 0 spiro atoms. The zero-order valence-corrected chi connectivity index (χ0v) is 9.91. The van der Waals surface area contributed by atoms with Crippen molar-refractivity contribution in [1.29, 1.82) is 0 Å². The van der Waals surface area contributed by atoms with Crippen LogP contribution in [0.5, 0.6) is 0 Å². The van der Waals surface area contributed by atoms with Crippen LogP contribution in [0.25, 0.3) is 5.82 Å². The summed E-state index contributed by atoms with van der Waals surface area (Å²) in [5, 5.41) is 10.9. The highest BCUT2D eigenvalue weighted by Crippen LogP contribution is 2.20. The molecular weight excluding hydrogens is 234 g/mol. The first-order valence-electron chi connectivity index (χ1n) is 5.47. The van der Waals surface area contributed by atoms with E-state index < -0.39 is 4.92 Å². The summed E-state index contributed by atoms with van der Waals surface area (Å²) in [6.07, 6.45) is 5.42. The molecule has 0 aliphatic heterocycles. The lowest BCUT2D eigenvalue weighted by atomic mass is 10.2. The third kappa shape index (κ3) is 2.21. The predicted molar refractivity (Wildman–Crippen MR) is 65.5 cm³/mol. The molecule has 0 bridgehead atoms. The van der Waals surface area contributed by atoms with Crippen LogP contribution in [0.1, 0.15) is 11.4 Å². The molecule has 94 valence electrons. The number of hydrogen-bond acceptors (Lipinski definition) is 5. The molecule has 0 fully saturated rings. The number of imidazole rings is 1. The summed E-state index contributed by atoms with van der Waals surface area (Å²) in [5.41, 5.74) is 6.07. The Bertz CT molecular complexity index is 579. The Morgan fingerprint density at radius 1 is 1.50 bits per heavy atom. The zero-order valence-electron chi connectivity index (χ0n) is 9.91. The molecule has 2 aromatic rings. The Hall–Kier alpha value is -2.28. The van der Waals surface area contributed by atoms with E-state index in [0.717, 1.165) is 5.82 Å². The number of nitrogens with two attached hydrogens (primary N) is 1. The van der Waals surface area contributed by atoms with E-state index in [9.17, 15) is 10.1 Å². The van der Waals surface area contributed by atoms with Crippen molar-refractivity contribution in [2.24, 2.45) is 5.73 Å². The van der Waals surface area contributed by atoms with Crippen LogP contribution in [-0.2, 0) is 6.42 Å². The quantitative estimate of drug-likeness (QED) is 0.641. The van der Waals surface area contributed by atoms with Crippen LogP contribution in [0.2, 0.25) is 0 Å². The second kappa shape index (κ2) is 4.92. The molecule has 0 aliphatic carbocycles. The van der Waals surface area contributed by atoms with Gasteiger partial charge in [0.05, 0.1) is 11.0 Å². The van der Waals surface area contributed by atoms with Crippen LogP contribution in [0.15, 0.2) is 24.7 Å². The van der Waals surface area contributed by atoms with Crippen LogP contribution in [0.4, 0.5) is 5.69 Å². The lowest BCUT2D eigenvalue weighted by Gasteiger charge is -2.06. The summed E-state index contributed by atoms with van der Waals surface area (Å²) < 4.78 is 1.71. The van der Waals surface area contributed by atoms with Gasteiger partial charge in [0, 0.05) is 30.6 Å². The molecule has 2 N–H and O–H groups in total. The molecule has 2 rings (SSSR count). The highest BCUT2D eigenvalue weighted by molar-refractivity contribution is 5.44. The molecule has 0 aromatic carbocycles. The van der Waals surface area contributed by atoms with Crippen LogP contribution < -0.4 is 5.73 Å². The Morgan fingerprint density at radius 3 is 2.94 bits per heavy atom. The summed E-state index contributed by atoms with van der Waals surface area (Å²) in [6, 6.07) is 1.44. The molecular formula is C11H13N5O2. The third-order valence-corrected chi connectivity index (χ3v) is 2.59. The molecule has 7 heteroatoms. The smallest absolute Gasteiger partial charge is 0.277 e. The van der Waals surface area contributed by atoms with Gasteiger partial charge in [0.25, 0.3) is 5.69 Å². The number of nitrogens with zero attached hydrogens (tertiary/aromatic N) is 4. The highest BCUT2D eigenvalue weighted by atomic mass is 16.6. The zero-order chi connectivity index (χ0) is 13.1.